The highest BCUT2D eigenvalue weighted by Crippen LogP contribution is 2.32. The summed E-state index contributed by atoms with van der Waals surface area (Å²) in [6.07, 6.45) is 2.42. The van der Waals surface area contributed by atoms with Crippen LogP contribution in [0.2, 0.25) is 5.02 Å². The average molecular weight is 228 g/mol. The lowest BCUT2D eigenvalue weighted by molar-refractivity contribution is 0.454. The third-order valence-electron chi connectivity index (χ3n) is 3.01. The van der Waals surface area contributed by atoms with E-state index in [0.717, 1.165) is 29.5 Å². The van der Waals surface area contributed by atoms with Gasteiger partial charge in [-0.2, -0.15) is 5.10 Å². The maximum absolute atomic E-state index is 6.33. The topological polar surface area (TPSA) is 40.7 Å². The van der Waals surface area contributed by atoms with E-state index in [9.17, 15) is 0 Å². The molecule has 1 aliphatic heterocycles. The number of rotatable bonds is 2. The lowest BCUT2D eigenvalue weighted by atomic mass is 9.95. The molecule has 0 aromatic carbocycles. The summed E-state index contributed by atoms with van der Waals surface area (Å²) in [6, 6.07) is 0. The summed E-state index contributed by atoms with van der Waals surface area (Å²) in [6.45, 7) is 6.37. The molecule has 1 fully saturated rings. The highest BCUT2D eigenvalue weighted by atomic mass is 35.5. The molecular formula is C11H18ClN3. The Kier molecular flexibility index (Phi) is 3.32. The van der Waals surface area contributed by atoms with Crippen molar-refractivity contribution >= 4 is 11.6 Å². The summed E-state index contributed by atoms with van der Waals surface area (Å²) in [7, 11) is 0. The van der Waals surface area contributed by atoms with Crippen molar-refractivity contribution in [3.05, 3.63) is 16.4 Å². The van der Waals surface area contributed by atoms with E-state index in [1.54, 1.807) is 0 Å². The molecule has 1 atom stereocenters. The number of H-pyrrole nitrogens is 1. The third kappa shape index (κ3) is 2.18. The Morgan fingerprint density at radius 3 is 2.80 bits per heavy atom. The van der Waals surface area contributed by atoms with Gasteiger partial charge in [0.15, 0.2) is 0 Å². The first-order chi connectivity index (χ1) is 7.20. The summed E-state index contributed by atoms with van der Waals surface area (Å²) in [5.41, 5.74) is 2.12. The molecule has 0 aliphatic carbocycles. The molecule has 3 nitrogen and oxygen atoms in total. The zero-order chi connectivity index (χ0) is 10.8. The smallest absolute Gasteiger partial charge is 0.0853 e. The van der Waals surface area contributed by atoms with Gasteiger partial charge in [-0.1, -0.05) is 25.4 Å². The Balaban J connectivity index is 2.20. The molecule has 0 amide bonds. The predicted molar refractivity (Wildman–Crippen MR) is 62.5 cm³/mol. The van der Waals surface area contributed by atoms with Gasteiger partial charge in [-0.15, -0.1) is 0 Å². The molecule has 1 aromatic heterocycles. The van der Waals surface area contributed by atoms with Crippen molar-refractivity contribution < 1.29 is 0 Å². The van der Waals surface area contributed by atoms with Gasteiger partial charge in [0, 0.05) is 12.5 Å². The van der Waals surface area contributed by atoms with Gasteiger partial charge in [0.2, 0.25) is 0 Å². The molecule has 0 saturated carbocycles. The number of aromatic amines is 1. The first kappa shape index (κ1) is 11.0. The van der Waals surface area contributed by atoms with Crippen LogP contribution in [-0.4, -0.2) is 23.3 Å². The van der Waals surface area contributed by atoms with Crippen LogP contribution in [-0.2, 0) is 0 Å². The van der Waals surface area contributed by atoms with Crippen molar-refractivity contribution in [3.63, 3.8) is 0 Å². The zero-order valence-electron chi connectivity index (χ0n) is 9.31. The molecule has 1 unspecified atom stereocenters. The first-order valence-electron chi connectivity index (χ1n) is 5.64. The van der Waals surface area contributed by atoms with E-state index in [0.29, 0.717) is 11.8 Å². The molecule has 1 aromatic rings. The quantitative estimate of drug-likeness (QED) is 0.816. The summed E-state index contributed by atoms with van der Waals surface area (Å²) in [4.78, 5) is 0. The Hall–Kier alpha value is -0.540. The first-order valence-corrected chi connectivity index (χ1v) is 6.02. The van der Waals surface area contributed by atoms with Gasteiger partial charge in [-0.25, -0.2) is 0 Å². The van der Waals surface area contributed by atoms with Crippen LogP contribution in [0, 0.1) is 0 Å². The maximum atomic E-state index is 6.33. The third-order valence-corrected chi connectivity index (χ3v) is 3.41. The van der Waals surface area contributed by atoms with Crippen LogP contribution in [0.4, 0.5) is 0 Å². The number of hydrogen-bond donors (Lipinski definition) is 2. The Labute approximate surface area is 95.6 Å². The van der Waals surface area contributed by atoms with Gasteiger partial charge < -0.3 is 5.32 Å². The van der Waals surface area contributed by atoms with Crippen molar-refractivity contribution in [1.29, 1.82) is 0 Å². The molecule has 2 rings (SSSR count). The van der Waals surface area contributed by atoms with E-state index >= 15 is 0 Å². The number of halogens is 1. The van der Waals surface area contributed by atoms with Crippen molar-refractivity contribution in [2.24, 2.45) is 0 Å². The lowest BCUT2D eigenvalue weighted by Gasteiger charge is -2.21. The van der Waals surface area contributed by atoms with Gasteiger partial charge in [0.1, 0.15) is 0 Å². The summed E-state index contributed by atoms with van der Waals surface area (Å²) in [5, 5.41) is 11.6. The van der Waals surface area contributed by atoms with Gasteiger partial charge in [-0.05, 0) is 25.3 Å². The van der Waals surface area contributed by atoms with Crippen molar-refractivity contribution in [2.75, 3.05) is 13.1 Å². The zero-order valence-corrected chi connectivity index (χ0v) is 10.1. The van der Waals surface area contributed by atoms with Gasteiger partial charge >= 0.3 is 0 Å². The minimum Gasteiger partial charge on any atom is -0.316 e. The number of aromatic nitrogens is 2. The van der Waals surface area contributed by atoms with Crippen LogP contribution in [0.1, 0.15) is 49.9 Å². The van der Waals surface area contributed by atoms with E-state index < -0.39 is 0 Å². The summed E-state index contributed by atoms with van der Waals surface area (Å²) < 4.78 is 0. The number of nitrogens with one attached hydrogen (secondary N) is 2. The van der Waals surface area contributed by atoms with Crippen LogP contribution >= 0.6 is 11.6 Å². The van der Waals surface area contributed by atoms with Crippen molar-refractivity contribution in [2.45, 2.75) is 38.5 Å². The molecule has 0 bridgehead atoms. The van der Waals surface area contributed by atoms with Crippen molar-refractivity contribution in [1.82, 2.24) is 15.5 Å². The Bertz CT molecular complexity index is 327. The molecule has 0 spiro atoms. The van der Waals surface area contributed by atoms with Crippen LogP contribution in [0.5, 0.6) is 0 Å². The van der Waals surface area contributed by atoms with E-state index in [1.165, 1.54) is 12.8 Å². The fourth-order valence-corrected chi connectivity index (χ4v) is 2.56. The van der Waals surface area contributed by atoms with Gasteiger partial charge in [0.25, 0.3) is 0 Å². The number of nitrogens with zero attached hydrogens (tertiary/aromatic N) is 1. The van der Waals surface area contributed by atoms with E-state index in [2.05, 4.69) is 29.4 Å². The maximum Gasteiger partial charge on any atom is 0.0853 e. The second-order valence-electron chi connectivity index (χ2n) is 4.53. The molecule has 84 valence electrons. The molecule has 15 heavy (non-hydrogen) atoms. The monoisotopic (exact) mass is 227 g/mol. The van der Waals surface area contributed by atoms with Crippen LogP contribution < -0.4 is 5.32 Å². The van der Waals surface area contributed by atoms with Gasteiger partial charge in [-0.3, -0.25) is 5.10 Å². The minimum absolute atomic E-state index is 0.388. The van der Waals surface area contributed by atoms with Crippen LogP contribution in [0.25, 0.3) is 0 Å². The summed E-state index contributed by atoms with van der Waals surface area (Å²) in [5.74, 6) is 0.894. The minimum atomic E-state index is 0.388. The van der Waals surface area contributed by atoms with E-state index in [1.807, 2.05) is 0 Å². The summed E-state index contributed by atoms with van der Waals surface area (Å²) >= 11 is 6.33. The largest absolute Gasteiger partial charge is 0.316 e. The van der Waals surface area contributed by atoms with Crippen LogP contribution in [0.3, 0.4) is 0 Å². The molecule has 0 radical (unpaired) electrons. The normalized spacial score (nSPS) is 22.3. The molecule has 4 heteroatoms. The predicted octanol–water partition coefficient (Wildman–Crippen LogP) is 2.65. The number of piperidine rings is 1. The SMILES string of the molecule is CC(C)c1n[nH]c(C2CCCNC2)c1Cl. The standard InChI is InChI=1S/C11H18ClN3/c1-7(2)10-9(12)11(15-14-10)8-4-3-5-13-6-8/h7-8,13H,3-6H2,1-2H3,(H,14,15). The molecule has 1 aliphatic rings. The fraction of sp³-hybridized carbons (Fsp3) is 0.727. The number of hydrogen-bond acceptors (Lipinski definition) is 2. The highest BCUT2D eigenvalue weighted by Gasteiger charge is 2.22. The lowest BCUT2D eigenvalue weighted by Crippen LogP contribution is -2.28. The van der Waals surface area contributed by atoms with Crippen LogP contribution in [0.15, 0.2) is 0 Å². The van der Waals surface area contributed by atoms with Crippen molar-refractivity contribution in [3.8, 4) is 0 Å². The van der Waals surface area contributed by atoms with Gasteiger partial charge in [0.05, 0.1) is 16.4 Å². The highest BCUT2D eigenvalue weighted by molar-refractivity contribution is 6.32. The molecule has 1 saturated heterocycles. The molecule has 2 N–H and O–H groups in total. The Morgan fingerprint density at radius 2 is 2.27 bits per heavy atom. The average Bonchev–Trinajstić information content (AvgIpc) is 2.61. The van der Waals surface area contributed by atoms with E-state index in [4.69, 9.17) is 11.6 Å². The second kappa shape index (κ2) is 4.54. The van der Waals surface area contributed by atoms with E-state index in [-0.39, 0.29) is 0 Å². The fourth-order valence-electron chi connectivity index (χ4n) is 2.11. The molecule has 2 heterocycles. The second-order valence-corrected chi connectivity index (χ2v) is 4.91. The molecular weight excluding hydrogens is 210 g/mol. The Morgan fingerprint density at radius 1 is 1.47 bits per heavy atom.